The van der Waals surface area contributed by atoms with E-state index in [-0.39, 0.29) is 0 Å². The van der Waals surface area contributed by atoms with Gasteiger partial charge >= 0.3 is 0 Å². The van der Waals surface area contributed by atoms with Crippen LogP contribution in [-0.4, -0.2) is 53.0 Å². The Morgan fingerprint density at radius 2 is 2.22 bits per heavy atom. The van der Waals surface area contributed by atoms with Crippen molar-refractivity contribution in [3.63, 3.8) is 0 Å². The highest BCUT2D eigenvalue weighted by molar-refractivity contribution is 8.00. The average molecular weight is 355 g/mol. The number of aliphatic imine (C=N–C) groups is 1. The first kappa shape index (κ1) is 18.6. The first-order valence-corrected chi connectivity index (χ1v) is 10.6. The first-order valence-electron chi connectivity index (χ1n) is 8.77. The Kier molecular flexibility index (Phi) is 7.70. The van der Waals surface area contributed by atoms with E-state index < -0.39 is 0 Å². The number of rotatable bonds is 6. The van der Waals surface area contributed by atoms with E-state index in [2.05, 4.69) is 49.7 Å². The third-order valence-electron chi connectivity index (χ3n) is 4.09. The van der Waals surface area contributed by atoms with Gasteiger partial charge in [0.25, 0.3) is 0 Å². The van der Waals surface area contributed by atoms with E-state index in [0.717, 1.165) is 50.2 Å². The molecule has 0 aliphatic carbocycles. The summed E-state index contributed by atoms with van der Waals surface area (Å²) in [5, 5.41) is 5.42. The van der Waals surface area contributed by atoms with Gasteiger partial charge in [0.05, 0.1) is 10.7 Å². The Labute approximate surface area is 149 Å². The summed E-state index contributed by atoms with van der Waals surface area (Å²) in [4.78, 5) is 13.4. The van der Waals surface area contributed by atoms with Gasteiger partial charge < -0.3 is 10.2 Å². The lowest BCUT2D eigenvalue weighted by atomic mass is 10.3. The molecule has 1 saturated heterocycles. The molecule has 0 aromatic carbocycles. The smallest absolute Gasteiger partial charge is 0.193 e. The number of nitrogens with one attached hydrogen (secondary N) is 1. The predicted octanol–water partition coefficient (Wildman–Crippen LogP) is 3.35. The molecule has 1 unspecified atom stereocenters. The summed E-state index contributed by atoms with van der Waals surface area (Å²) in [7, 11) is 0. The lowest BCUT2D eigenvalue weighted by molar-refractivity contribution is 0.408. The minimum atomic E-state index is 0.737. The largest absolute Gasteiger partial charge is 0.357 e. The zero-order valence-electron chi connectivity index (χ0n) is 14.9. The van der Waals surface area contributed by atoms with Crippen molar-refractivity contribution < 1.29 is 0 Å². The normalized spacial score (nSPS) is 19.2. The highest BCUT2D eigenvalue weighted by Crippen LogP contribution is 2.21. The molecule has 1 aromatic rings. The minimum Gasteiger partial charge on any atom is -0.357 e. The topological polar surface area (TPSA) is 40.5 Å². The molecule has 0 amide bonds. The summed E-state index contributed by atoms with van der Waals surface area (Å²) >= 11 is 3.92. The zero-order chi connectivity index (χ0) is 16.7. The summed E-state index contributed by atoms with van der Waals surface area (Å²) < 4.78 is 0. The molecule has 23 heavy (non-hydrogen) atoms. The molecule has 1 fully saturated rings. The monoisotopic (exact) mass is 354 g/mol. The second-order valence-corrected chi connectivity index (χ2v) is 8.49. The molecule has 0 bridgehead atoms. The summed E-state index contributed by atoms with van der Waals surface area (Å²) in [5.74, 6) is 2.28. The molecule has 6 heteroatoms. The van der Waals surface area contributed by atoms with Crippen LogP contribution in [-0.2, 0) is 12.8 Å². The third kappa shape index (κ3) is 5.38. The molecule has 1 aliphatic rings. The van der Waals surface area contributed by atoms with Crippen molar-refractivity contribution in [3.05, 3.63) is 15.6 Å². The van der Waals surface area contributed by atoms with E-state index >= 15 is 0 Å². The average Bonchev–Trinajstić information content (AvgIpc) is 2.94. The maximum absolute atomic E-state index is 4.85. The lowest BCUT2D eigenvalue weighted by Crippen LogP contribution is -2.48. The molecule has 2 rings (SSSR count). The third-order valence-corrected chi connectivity index (χ3v) is 6.53. The summed E-state index contributed by atoms with van der Waals surface area (Å²) in [6, 6.07) is 0. The fourth-order valence-corrected chi connectivity index (χ4v) is 4.96. The Balaban J connectivity index is 1.95. The van der Waals surface area contributed by atoms with Crippen LogP contribution in [0.3, 0.4) is 0 Å². The van der Waals surface area contributed by atoms with Gasteiger partial charge in [-0.3, -0.25) is 4.99 Å². The number of hydrogen-bond donors (Lipinski definition) is 1. The minimum absolute atomic E-state index is 0.737. The van der Waals surface area contributed by atoms with Crippen LogP contribution in [0.1, 0.15) is 42.8 Å². The fourth-order valence-electron chi connectivity index (χ4n) is 2.76. The molecule has 2 heterocycles. The highest BCUT2D eigenvalue weighted by atomic mass is 32.2. The van der Waals surface area contributed by atoms with Gasteiger partial charge in [-0.2, -0.15) is 11.8 Å². The predicted molar refractivity (Wildman–Crippen MR) is 104 cm³/mol. The van der Waals surface area contributed by atoms with E-state index in [1.807, 2.05) is 11.3 Å². The van der Waals surface area contributed by atoms with Crippen LogP contribution in [0, 0.1) is 6.92 Å². The quantitative estimate of drug-likeness (QED) is 0.628. The Hall–Kier alpha value is -0.750. The molecular weight excluding hydrogens is 324 g/mol. The maximum Gasteiger partial charge on any atom is 0.193 e. The van der Waals surface area contributed by atoms with E-state index in [1.54, 1.807) is 0 Å². The second kappa shape index (κ2) is 9.52. The van der Waals surface area contributed by atoms with Crippen LogP contribution >= 0.6 is 23.1 Å². The molecular formula is C17H30N4S2. The lowest BCUT2D eigenvalue weighted by Gasteiger charge is -2.34. The van der Waals surface area contributed by atoms with Gasteiger partial charge in [0.15, 0.2) is 5.96 Å². The van der Waals surface area contributed by atoms with E-state index in [4.69, 9.17) is 9.98 Å². The number of hydrogen-bond acceptors (Lipinski definition) is 4. The number of thioether (sulfide) groups is 1. The zero-order valence-corrected chi connectivity index (χ0v) is 16.5. The molecule has 0 radical (unpaired) electrons. The fraction of sp³-hybridized carbons (Fsp3) is 0.765. The van der Waals surface area contributed by atoms with Gasteiger partial charge in [0.1, 0.15) is 0 Å². The van der Waals surface area contributed by atoms with Crippen molar-refractivity contribution in [2.75, 3.05) is 31.9 Å². The van der Waals surface area contributed by atoms with Crippen molar-refractivity contribution in [3.8, 4) is 0 Å². The second-order valence-electron chi connectivity index (χ2n) is 5.80. The van der Waals surface area contributed by atoms with Crippen molar-refractivity contribution in [1.29, 1.82) is 0 Å². The molecule has 130 valence electrons. The highest BCUT2D eigenvalue weighted by Gasteiger charge is 2.21. The van der Waals surface area contributed by atoms with Gasteiger partial charge in [-0.15, -0.1) is 11.3 Å². The van der Waals surface area contributed by atoms with Crippen molar-refractivity contribution in [2.45, 2.75) is 52.2 Å². The Morgan fingerprint density at radius 3 is 2.87 bits per heavy atom. The molecule has 0 spiro atoms. The van der Waals surface area contributed by atoms with Crippen LogP contribution in [0.15, 0.2) is 4.99 Å². The molecule has 1 aliphatic heterocycles. The number of aromatic nitrogens is 1. The number of guanidine groups is 1. The van der Waals surface area contributed by atoms with Crippen molar-refractivity contribution in [1.82, 2.24) is 15.2 Å². The van der Waals surface area contributed by atoms with Crippen LogP contribution in [0.2, 0.25) is 0 Å². The summed E-state index contributed by atoms with van der Waals surface area (Å²) in [5.41, 5.74) is 1.25. The van der Waals surface area contributed by atoms with Crippen molar-refractivity contribution >= 4 is 29.1 Å². The number of thiazole rings is 1. The molecule has 1 N–H and O–H groups in total. The van der Waals surface area contributed by atoms with Gasteiger partial charge in [0, 0.05) is 48.5 Å². The van der Waals surface area contributed by atoms with E-state index in [1.165, 1.54) is 27.8 Å². The van der Waals surface area contributed by atoms with Gasteiger partial charge in [-0.05, 0) is 26.7 Å². The van der Waals surface area contributed by atoms with Gasteiger partial charge in [-0.1, -0.05) is 13.8 Å². The summed E-state index contributed by atoms with van der Waals surface area (Å²) in [6.45, 7) is 12.7. The van der Waals surface area contributed by atoms with E-state index in [0.29, 0.717) is 0 Å². The van der Waals surface area contributed by atoms with Crippen molar-refractivity contribution in [2.24, 2.45) is 4.99 Å². The van der Waals surface area contributed by atoms with Gasteiger partial charge in [0.2, 0.25) is 0 Å². The number of nitrogens with zero attached hydrogens (tertiary/aromatic N) is 3. The molecule has 0 saturated carbocycles. The summed E-state index contributed by atoms with van der Waals surface area (Å²) in [6.07, 6.45) is 3.21. The maximum atomic E-state index is 4.85. The van der Waals surface area contributed by atoms with Gasteiger partial charge in [-0.25, -0.2) is 4.98 Å². The van der Waals surface area contributed by atoms with Crippen LogP contribution in [0.4, 0.5) is 0 Å². The van der Waals surface area contributed by atoms with Crippen LogP contribution in [0.5, 0.6) is 0 Å². The molecule has 1 atom stereocenters. The first-order chi connectivity index (χ1) is 11.2. The molecule has 4 nitrogen and oxygen atoms in total. The standard InChI is InChI=1S/C17H30N4S2/c1-5-14-12-21(10-11-22-14)17(18-7-3)19-9-8-16-20-15(6-2)13(4)23-16/h14H,5-12H2,1-4H3,(H,18,19). The Morgan fingerprint density at radius 1 is 1.39 bits per heavy atom. The Bertz CT molecular complexity index is 513. The SMILES string of the molecule is CCNC(=NCCc1nc(CC)c(C)s1)N1CCSC(CC)C1. The number of aryl methyl sites for hydroxylation is 2. The molecule has 1 aromatic heterocycles. The van der Waals surface area contributed by atoms with Crippen LogP contribution in [0.25, 0.3) is 0 Å². The van der Waals surface area contributed by atoms with Crippen LogP contribution < -0.4 is 5.32 Å². The van der Waals surface area contributed by atoms with E-state index in [9.17, 15) is 0 Å².